The first-order chi connectivity index (χ1) is 10.1. The highest BCUT2D eigenvalue weighted by atomic mass is 16.7. The molecule has 108 valence electrons. The van der Waals surface area contributed by atoms with Crippen molar-refractivity contribution in [3.8, 4) is 0 Å². The zero-order chi connectivity index (χ0) is 14.9. The lowest BCUT2D eigenvalue weighted by Crippen LogP contribution is -2.22. The Morgan fingerprint density at radius 2 is 2.14 bits per heavy atom. The van der Waals surface area contributed by atoms with Crippen LogP contribution in [0.25, 0.3) is 0 Å². The highest BCUT2D eigenvalue weighted by molar-refractivity contribution is 5.27. The number of nitrogens with zero attached hydrogens (tertiary/aromatic N) is 4. The summed E-state index contributed by atoms with van der Waals surface area (Å²) >= 11 is 0. The minimum atomic E-state index is -0.848. The Kier molecular flexibility index (Phi) is 3.05. The summed E-state index contributed by atoms with van der Waals surface area (Å²) in [5.74, 6) is -1.12. The van der Waals surface area contributed by atoms with Crippen molar-refractivity contribution in [1.82, 2.24) is 15.0 Å². The summed E-state index contributed by atoms with van der Waals surface area (Å²) < 4.78 is 10.9. The van der Waals surface area contributed by atoms with Gasteiger partial charge in [0.15, 0.2) is 6.20 Å². The molecule has 1 aliphatic rings. The minimum absolute atomic E-state index is 0.273. The number of aromatic nitrogens is 3. The van der Waals surface area contributed by atoms with Gasteiger partial charge in [-0.15, -0.1) is 5.10 Å². The molecular weight excluding hydrogens is 276 g/mol. The molecular formula is C13H12N4O4. The van der Waals surface area contributed by atoms with Gasteiger partial charge in [0.2, 0.25) is 0 Å². The molecule has 0 radical (unpaired) electrons. The molecule has 0 unspecified atom stereocenters. The SMILES string of the molecule is CC1(c2cccc(Cn3ncc([N+](=O)[O-])n3)c2)OC=CO1. The molecule has 0 atom stereocenters. The van der Waals surface area contributed by atoms with Gasteiger partial charge in [0.25, 0.3) is 5.79 Å². The van der Waals surface area contributed by atoms with Gasteiger partial charge in [0.05, 0.1) is 5.10 Å². The van der Waals surface area contributed by atoms with Crippen molar-refractivity contribution in [2.45, 2.75) is 19.3 Å². The molecule has 1 aromatic carbocycles. The van der Waals surface area contributed by atoms with Gasteiger partial charge >= 0.3 is 5.82 Å². The maximum Gasteiger partial charge on any atom is 0.410 e. The number of hydrogen-bond donors (Lipinski definition) is 0. The molecule has 2 heterocycles. The number of hydrogen-bond acceptors (Lipinski definition) is 6. The second kappa shape index (κ2) is 4.89. The normalized spacial score (nSPS) is 15.5. The lowest BCUT2D eigenvalue weighted by atomic mass is 10.0. The van der Waals surface area contributed by atoms with Crippen LogP contribution in [0.1, 0.15) is 18.1 Å². The van der Waals surface area contributed by atoms with E-state index in [1.165, 1.54) is 17.3 Å². The molecule has 0 amide bonds. The van der Waals surface area contributed by atoms with Crippen molar-refractivity contribution >= 4 is 5.82 Å². The fourth-order valence-electron chi connectivity index (χ4n) is 2.04. The summed E-state index contributed by atoms with van der Waals surface area (Å²) in [5.41, 5.74) is 1.73. The molecule has 0 aliphatic carbocycles. The Bertz CT molecular complexity index is 702. The third-order valence-electron chi connectivity index (χ3n) is 3.13. The van der Waals surface area contributed by atoms with Gasteiger partial charge in [-0.25, -0.2) is 0 Å². The lowest BCUT2D eigenvalue weighted by molar-refractivity contribution is -0.389. The van der Waals surface area contributed by atoms with Crippen LogP contribution in [-0.4, -0.2) is 19.9 Å². The van der Waals surface area contributed by atoms with E-state index in [1.807, 2.05) is 31.2 Å². The number of ether oxygens (including phenoxy) is 2. The standard InChI is InChI=1S/C13H12N4O4/c1-13(20-5-6-21-13)11-4-2-3-10(7-11)9-16-14-8-12(15-16)17(18)19/h2-8H,9H2,1H3. The monoisotopic (exact) mass is 288 g/mol. The predicted molar refractivity (Wildman–Crippen MR) is 70.9 cm³/mol. The van der Waals surface area contributed by atoms with Gasteiger partial charge in [-0.2, -0.15) is 0 Å². The highest BCUT2D eigenvalue weighted by Crippen LogP contribution is 2.31. The van der Waals surface area contributed by atoms with Gasteiger partial charge in [0, 0.05) is 12.5 Å². The summed E-state index contributed by atoms with van der Waals surface area (Å²) in [6.45, 7) is 2.13. The highest BCUT2D eigenvalue weighted by Gasteiger charge is 2.32. The summed E-state index contributed by atoms with van der Waals surface area (Å²) in [6, 6.07) is 7.51. The zero-order valence-corrected chi connectivity index (χ0v) is 11.2. The molecule has 21 heavy (non-hydrogen) atoms. The van der Waals surface area contributed by atoms with Crippen molar-refractivity contribution in [2.24, 2.45) is 0 Å². The fourth-order valence-corrected chi connectivity index (χ4v) is 2.04. The van der Waals surface area contributed by atoms with E-state index in [9.17, 15) is 10.1 Å². The summed E-state index contributed by atoms with van der Waals surface area (Å²) in [7, 11) is 0. The van der Waals surface area contributed by atoms with Crippen molar-refractivity contribution in [3.05, 3.63) is 64.2 Å². The first kappa shape index (κ1) is 13.1. The predicted octanol–water partition coefficient (Wildman–Crippen LogP) is 1.93. The van der Waals surface area contributed by atoms with Crippen molar-refractivity contribution in [2.75, 3.05) is 0 Å². The Labute approximate surface area is 119 Å². The van der Waals surface area contributed by atoms with Gasteiger partial charge in [-0.1, -0.05) is 23.0 Å². The van der Waals surface area contributed by atoms with Crippen LogP contribution in [0.5, 0.6) is 0 Å². The quantitative estimate of drug-likeness (QED) is 0.630. The largest absolute Gasteiger partial charge is 0.453 e. The molecule has 0 spiro atoms. The minimum Gasteiger partial charge on any atom is -0.453 e. The topological polar surface area (TPSA) is 92.3 Å². The van der Waals surface area contributed by atoms with E-state index in [0.29, 0.717) is 6.54 Å². The van der Waals surface area contributed by atoms with Crippen molar-refractivity contribution in [3.63, 3.8) is 0 Å². The fraction of sp³-hybridized carbons (Fsp3) is 0.231. The Morgan fingerprint density at radius 1 is 1.38 bits per heavy atom. The van der Waals surface area contributed by atoms with Crippen LogP contribution in [-0.2, 0) is 21.8 Å². The second-order valence-electron chi connectivity index (χ2n) is 4.64. The lowest BCUT2D eigenvalue weighted by Gasteiger charge is -2.23. The Balaban J connectivity index is 1.81. The van der Waals surface area contributed by atoms with E-state index in [0.717, 1.165) is 17.3 Å². The molecule has 0 saturated heterocycles. The van der Waals surface area contributed by atoms with Crippen LogP contribution in [0.3, 0.4) is 0 Å². The Morgan fingerprint density at radius 3 is 2.81 bits per heavy atom. The number of benzene rings is 1. The molecule has 1 aromatic heterocycles. The third kappa shape index (κ3) is 2.55. The second-order valence-corrected chi connectivity index (χ2v) is 4.64. The van der Waals surface area contributed by atoms with Crippen LogP contribution in [0.4, 0.5) is 5.82 Å². The molecule has 8 heteroatoms. The van der Waals surface area contributed by atoms with E-state index in [-0.39, 0.29) is 5.82 Å². The average Bonchev–Trinajstić information content (AvgIpc) is 3.09. The van der Waals surface area contributed by atoms with E-state index < -0.39 is 10.7 Å². The average molecular weight is 288 g/mol. The van der Waals surface area contributed by atoms with Crippen LogP contribution >= 0.6 is 0 Å². The van der Waals surface area contributed by atoms with Gasteiger partial charge in [-0.3, -0.25) is 0 Å². The van der Waals surface area contributed by atoms with E-state index >= 15 is 0 Å². The van der Waals surface area contributed by atoms with Gasteiger partial charge < -0.3 is 19.6 Å². The summed E-state index contributed by atoms with van der Waals surface area (Å²) in [6.07, 6.45) is 4.11. The molecule has 0 saturated carbocycles. The first-order valence-electron chi connectivity index (χ1n) is 6.21. The summed E-state index contributed by atoms with van der Waals surface area (Å²) in [4.78, 5) is 11.3. The van der Waals surface area contributed by atoms with E-state index in [4.69, 9.17) is 9.47 Å². The van der Waals surface area contributed by atoms with Crippen LogP contribution in [0, 0.1) is 10.1 Å². The van der Waals surface area contributed by atoms with Crippen molar-refractivity contribution in [1.29, 1.82) is 0 Å². The molecule has 0 bridgehead atoms. The third-order valence-corrected chi connectivity index (χ3v) is 3.13. The maximum absolute atomic E-state index is 10.6. The van der Waals surface area contributed by atoms with Crippen LogP contribution < -0.4 is 0 Å². The zero-order valence-electron chi connectivity index (χ0n) is 11.2. The molecule has 2 aromatic rings. The molecule has 0 N–H and O–H groups in total. The van der Waals surface area contributed by atoms with Gasteiger partial charge in [0.1, 0.15) is 19.1 Å². The van der Waals surface area contributed by atoms with Crippen LogP contribution in [0.15, 0.2) is 43.0 Å². The number of nitro groups is 1. The number of rotatable bonds is 4. The van der Waals surface area contributed by atoms with Crippen molar-refractivity contribution < 1.29 is 14.4 Å². The van der Waals surface area contributed by atoms with E-state index in [2.05, 4.69) is 10.2 Å². The molecule has 0 fully saturated rings. The first-order valence-corrected chi connectivity index (χ1v) is 6.21. The van der Waals surface area contributed by atoms with E-state index in [1.54, 1.807) is 0 Å². The Hall–Kier alpha value is -2.90. The summed E-state index contributed by atoms with van der Waals surface area (Å²) in [5, 5.41) is 18.2. The van der Waals surface area contributed by atoms with Crippen LogP contribution in [0.2, 0.25) is 0 Å². The molecule has 8 nitrogen and oxygen atoms in total. The maximum atomic E-state index is 10.6. The molecule has 3 rings (SSSR count). The smallest absolute Gasteiger partial charge is 0.410 e. The van der Waals surface area contributed by atoms with Gasteiger partial charge in [-0.05, 0) is 16.6 Å². The molecule has 1 aliphatic heterocycles.